The average molecular weight is 429 g/mol. The zero-order valence-electron chi connectivity index (χ0n) is 15.2. The molecule has 7 heteroatoms. The van der Waals surface area contributed by atoms with Gasteiger partial charge in [0.1, 0.15) is 0 Å². The number of hydrogen-bond donors (Lipinski definition) is 2. The van der Waals surface area contributed by atoms with E-state index >= 15 is 0 Å². The number of nitrogens with zero attached hydrogens (tertiary/aromatic N) is 3. The predicted octanol–water partition coefficient (Wildman–Crippen LogP) is 5.55. The minimum absolute atomic E-state index is 0.0213. The molecule has 0 saturated heterocycles. The molecule has 2 N–H and O–H groups in total. The Bertz CT molecular complexity index is 993. The van der Waals surface area contributed by atoms with Crippen molar-refractivity contribution >= 4 is 44.1 Å². The van der Waals surface area contributed by atoms with Crippen LogP contribution in [0.5, 0.6) is 5.88 Å². The third-order valence-electron chi connectivity index (χ3n) is 4.18. The molecule has 0 fully saturated rings. The number of aromatic hydroxyl groups is 1. The van der Waals surface area contributed by atoms with Crippen molar-refractivity contribution in [3.63, 3.8) is 0 Å². The number of nitrogens with one attached hydrogen (secondary N) is 1. The third-order valence-corrected chi connectivity index (χ3v) is 4.67. The molecule has 140 valence electrons. The van der Waals surface area contributed by atoms with Gasteiger partial charge in [0.15, 0.2) is 5.69 Å². The lowest BCUT2D eigenvalue weighted by atomic mass is 10.2. The summed E-state index contributed by atoms with van der Waals surface area (Å²) in [5.74, 6) is -0.394. The van der Waals surface area contributed by atoms with Crippen molar-refractivity contribution in [2.45, 2.75) is 26.8 Å². The molecule has 0 aliphatic heterocycles. The van der Waals surface area contributed by atoms with Crippen molar-refractivity contribution in [3.8, 4) is 5.88 Å². The molecular weight excluding hydrogens is 408 g/mol. The van der Waals surface area contributed by atoms with E-state index in [0.29, 0.717) is 12.2 Å². The highest BCUT2D eigenvalue weighted by Crippen LogP contribution is 2.40. The van der Waals surface area contributed by atoms with Gasteiger partial charge in [-0.05, 0) is 43.7 Å². The monoisotopic (exact) mass is 428 g/mol. The maximum atomic E-state index is 12.1. The number of amides is 1. The number of hydrogen-bond acceptors (Lipinski definition) is 4. The highest BCUT2D eigenvalue weighted by Gasteiger charge is 2.16. The van der Waals surface area contributed by atoms with Gasteiger partial charge in [-0.1, -0.05) is 40.5 Å². The van der Waals surface area contributed by atoms with Gasteiger partial charge >= 0.3 is 0 Å². The van der Waals surface area contributed by atoms with E-state index in [2.05, 4.69) is 31.5 Å². The summed E-state index contributed by atoms with van der Waals surface area (Å²) in [4.78, 5) is 12.1. The zero-order chi connectivity index (χ0) is 19.4. The maximum Gasteiger partial charge on any atom is 0.283 e. The minimum Gasteiger partial charge on any atom is -0.493 e. The summed E-state index contributed by atoms with van der Waals surface area (Å²) in [7, 11) is 0. The van der Waals surface area contributed by atoms with Gasteiger partial charge in [0.2, 0.25) is 5.88 Å². The largest absolute Gasteiger partial charge is 0.493 e. The van der Waals surface area contributed by atoms with Crippen molar-refractivity contribution in [2.75, 3.05) is 11.9 Å². The number of rotatable bonds is 6. The van der Waals surface area contributed by atoms with Gasteiger partial charge in [0.05, 0.1) is 12.1 Å². The standard InChI is InChI=1S/C20H21BrN4O2/c1-3-10-25-17-9-6-14(21)11-16(17)19(20(25)27)24-23-18(26)12-22-15-7-4-13(2)5-8-15/h4-9,11,22,27H,3,10,12H2,1-2H3. The van der Waals surface area contributed by atoms with Gasteiger partial charge in [0, 0.05) is 22.1 Å². The van der Waals surface area contributed by atoms with Gasteiger partial charge in [-0.3, -0.25) is 4.79 Å². The van der Waals surface area contributed by atoms with Crippen molar-refractivity contribution in [1.29, 1.82) is 0 Å². The van der Waals surface area contributed by atoms with Crippen LogP contribution in [0.15, 0.2) is 57.2 Å². The van der Waals surface area contributed by atoms with Crippen LogP contribution in [0.25, 0.3) is 10.9 Å². The molecule has 0 unspecified atom stereocenters. The Labute approximate surface area is 166 Å². The number of aryl methyl sites for hydroxylation is 2. The fraction of sp³-hybridized carbons (Fsp3) is 0.250. The first-order valence-corrected chi connectivity index (χ1v) is 9.54. The Morgan fingerprint density at radius 1 is 1.22 bits per heavy atom. The van der Waals surface area contributed by atoms with Gasteiger partial charge < -0.3 is 15.0 Å². The summed E-state index contributed by atoms with van der Waals surface area (Å²) < 4.78 is 2.65. The van der Waals surface area contributed by atoms with Crippen LogP contribution in [0.3, 0.4) is 0 Å². The molecule has 1 aromatic heterocycles. The summed E-state index contributed by atoms with van der Waals surface area (Å²) >= 11 is 3.44. The van der Waals surface area contributed by atoms with Crippen LogP contribution >= 0.6 is 15.9 Å². The van der Waals surface area contributed by atoms with Crippen LogP contribution in [0.4, 0.5) is 11.4 Å². The van der Waals surface area contributed by atoms with E-state index in [1.807, 2.05) is 56.3 Å². The molecule has 0 radical (unpaired) electrons. The van der Waals surface area contributed by atoms with Gasteiger partial charge in [-0.25, -0.2) is 0 Å². The van der Waals surface area contributed by atoms with Crippen LogP contribution in [0.1, 0.15) is 18.9 Å². The number of carbonyl (C=O) groups is 1. The van der Waals surface area contributed by atoms with Crippen LogP contribution in [-0.2, 0) is 11.3 Å². The molecule has 3 rings (SSSR count). The second kappa shape index (κ2) is 8.35. The van der Waals surface area contributed by atoms with Crippen LogP contribution < -0.4 is 5.32 Å². The number of halogens is 1. The molecule has 0 aliphatic carbocycles. The summed E-state index contributed by atoms with van der Waals surface area (Å²) in [6.45, 7) is 4.72. The molecule has 1 amide bonds. The highest BCUT2D eigenvalue weighted by atomic mass is 79.9. The lowest BCUT2D eigenvalue weighted by molar-refractivity contribution is -0.116. The molecule has 1 heterocycles. The van der Waals surface area contributed by atoms with E-state index in [4.69, 9.17) is 0 Å². The van der Waals surface area contributed by atoms with E-state index in [-0.39, 0.29) is 12.4 Å². The Balaban J connectivity index is 1.80. The summed E-state index contributed by atoms with van der Waals surface area (Å²) in [5, 5.41) is 22.1. The Morgan fingerprint density at radius 3 is 2.67 bits per heavy atom. The average Bonchev–Trinajstić information content (AvgIpc) is 2.91. The van der Waals surface area contributed by atoms with Gasteiger partial charge in [-0.15, -0.1) is 10.2 Å². The summed E-state index contributed by atoms with van der Waals surface area (Å²) in [5.41, 5.74) is 3.16. The van der Waals surface area contributed by atoms with Crippen LogP contribution in [-0.4, -0.2) is 22.1 Å². The molecule has 6 nitrogen and oxygen atoms in total. The van der Waals surface area contributed by atoms with Crippen molar-refractivity contribution < 1.29 is 9.90 Å². The SMILES string of the molecule is CCCn1c(O)c(N=NC(=O)CNc2ccc(C)cc2)c2cc(Br)ccc21. The lowest BCUT2D eigenvalue weighted by Crippen LogP contribution is -2.10. The molecule has 0 bridgehead atoms. The van der Waals surface area contributed by atoms with E-state index < -0.39 is 5.91 Å². The van der Waals surface area contributed by atoms with Crippen molar-refractivity contribution in [1.82, 2.24) is 4.57 Å². The van der Waals surface area contributed by atoms with E-state index in [0.717, 1.165) is 33.0 Å². The van der Waals surface area contributed by atoms with E-state index in [1.54, 1.807) is 4.57 Å². The van der Waals surface area contributed by atoms with Crippen molar-refractivity contribution in [2.24, 2.45) is 10.2 Å². The summed E-state index contributed by atoms with van der Waals surface area (Å²) in [6, 6.07) is 13.4. The molecule has 0 aliphatic rings. The van der Waals surface area contributed by atoms with Gasteiger partial charge in [0.25, 0.3) is 5.91 Å². The van der Waals surface area contributed by atoms with E-state index in [9.17, 15) is 9.90 Å². The minimum atomic E-state index is -0.415. The zero-order valence-corrected chi connectivity index (χ0v) is 16.8. The number of anilines is 1. The highest BCUT2D eigenvalue weighted by molar-refractivity contribution is 9.10. The first kappa shape index (κ1) is 19.1. The van der Waals surface area contributed by atoms with Gasteiger partial charge in [-0.2, -0.15) is 0 Å². The quantitative estimate of drug-likeness (QED) is 0.505. The number of aromatic nitrogens is 1. The first-order valence-electron chi connectivity index (χ1n) is 8.75. The molecule has 3 aromatic rings. The van der Waals surface area contributed by atoms with Crippen LogP contribution in [0, 0.1) is 6.92 Å². The second-order valence-electron chi connectivity index (χ2n) is 6.30. The Morgan fingerprint density at radius 2 is 1.96 bits per heavy atom. The Hall–Kier alpha value is -2.67. The second-order valence-corrected chi connectivity index (χ2v) is 7.21. The molecule has 2 aromatic carbocycles. The number of carbonyl (C=O) groups excluding carboxylic acids is 1. The number of azo groups is 1. The fourth-order valence-corrected chi connectivity index (χ4v) is 3.20. The van der Waals surface area contributed by atoms with E-state index in [1.165, 1.54) is 0 Å². The fourth-order valence-electron chi connectivity index (χ4n) is 2.83. The van der Waals surface area contributed by atoms with Crippen molar-refractivity contribution in [3.05, 3.63) is 52.5 Å². The third kappa shape index (κ3) is 4.36. The molecule has 0 saturated carbocycles. The normalized spacial score (nSPS) is 11.4. The lowest BCUT2D eigenvalue weighted by Gasteiger charge is -2.04. The molecule has 0 atom stereocenters. The molecular formula is C20H21BrN4O2. The number of benzene rings is 2. The summed E-state index contributed by atoms with van der Waals surface area (Å²) in [6.07, 6.45) is 0.864. The Kier molecular flexibility index (Phi) is 5.91. The smallest absolute Gasteiger partial charge is 0.283 e. The molecule has 0 spiro atoms. The predicted molar refractivity (Wildman–Crippen MR) is 111 cm³/mol. The topological polar surface area (TPSA) is 79.0 Å². The molecule has 27 heavy (non-hydrogen) atoms. The first-order chi connectivity index (χ1) is 13.0. The number of fused-ring (bicyclic) bond motifs is 1. The maximum absolute atomic E-state index is 12.1. The van der Waals surface area contributed by atoms with Crippen LogP contribution in [0.2, 0.25) is 0 Å².